The molecular formula is C22H27F3NNiO-. The zero-order chi connectivity index (χ0) is 20.9. The second kappa shape index (κ2) is 10.1. The van der Waals surface area contributed by atoms with Crippen molar-refractivity contribution >= 4 is 11.9 Å². The Bertz CT molecular complexity index is 732. The summed E-state index contributed by atoms with van der Waals surface area (Å²) in [6.07, 6.45) is -4.60. The van der Waals surface area contributed by atoms with E-state index in [2.05, 4.69) is 11.1 Å². The van der Waals surface area contributed by atoms with Crippen LogP contribution in [0.15, 0.2) is 47.5 Å². The third kappa shape index (κ3) is 8.92. The summed E-state index contributed by atoms with van der Waals surface area (Å²) in [7, 11) is 0. The molecule has 0 fully saturated rings. The molecule has 28 heavy (non-hydrogen) atoms. The summed E-state index contributed by atoms with van der Waals surface area (Å²) < 4.78 is 36.9. The molecule has 0 aliphatic carbocycles. The Morgan fingerprint density at radius 2 is 1.43 bits per heavy atom. The van der Waals surface area contributed by atoms with Gasteiger partial charge in [0.15, 0.2) is 0 Å². The largest absolute Gasteiger partial charge is 0.505 e. The smallest absolute Gasteiger partial charge is 0.426 e. The molecule has 0 heterocycles. The van der Waals surface area contributed by atoms with E-state index in [0.29, 0.717) is 5.56 Å². The van der Waals surface area contributed by atoms with Crippen LogP contribution in [0.4, 0.5) is 18.9 Å². The molecule has 0 aliphatic rings. The van der Waals surface area contributed by atoms with Crippen molar-refractivity contribution in [1.82, 2.24) is 0 Å². The number of alkyl halides is 3. The van der Waals surface area contributed by atoms with Gasteiger partial charge in [0.2, 0.25) is 0 Å². The van der Waals surface area contributed by atoms with Gasteiger partial charge in [-0.25, -0.2) is 4.99 Å². The van der Waals surface area contributed by atoms with E-state index in [1.165, 1.54) is 6.07 Å². The fraction of sp³-hybridized carbons (Fsp3) is 0.409. The maximum atomic E-state index is 12.3. The average molecular weight is 437 g/mol. The van der Waals surface area contributed by atoms with E-state index in [-0.39, 0.29) is 39.6 Å². The SMILES string of the molecule is CC(C)(C)c1cc(N=CC(F)(F)F)c(O)c(C(C)(C)C)c1.[Ni].[c-]1ccccc1. The summed E-state index contributed by atoms with van der Waals surface area (Å²) >= 11 is 0. The minimum absolute atomic E-state index is 0. The standard InChI is InChI=1S/C16H22F3NO.C6H5.Ni/c1-14(2,3)10-7-11(15(4,5)6)13(21)12(8-10)20-9-16(17,18)19;1-2-4-6-5-3-1;/h7-9,21H,1-6H3;1-5H;/q;-1;. The first-order valence-electron chi connectivity index (χ1n) is 8.63. The van der Waals surface area contributed by atoms with Crippen LogP contribution in [-0.2, 0) is 27.3 Å². The molecule has 1 N–H and O–H groups in total. The van der Waals surface area contributed by atoms with E-state index in [9.17, 15) is 18.3 Å². The fourth-order valence-corrected chi connectivity index (χ4v) is 2.21. The molecule has 0 atom stereocenters. The molecule has 0 spiro atoms. The number of aromatic hydroxyl groups is 1. The summed E-state index contributed by atoms with van der Waals surface area (Å²) in [4.78, 5) is 3.43. The maximum absolute atomic E-state index is 12.3. The van der Waals surface area contributed by atoms with E-state index >= 15 is 0 Å². The molecule has 2 rings (SSSR count). The number of benzene rings is 2. The summed E-state index contributed by atoms with van der Waals surface area (Å²) in [6, 6.07) is 15.8. The van der Waals surface area contributed by atoms with Crippen LogP contribution in [0, 0.1) is 6.07 Å². The van der Waals surface area contributed by atoms with Crippen LogP contribution in [0.25, 0.3) is 0 Å². The third-order valence-corrected chi connectivity index (χ3v) is 3.72. The zero-order valence-electron chi connectivity index (χ0n) is 17.0. The number of halogens is 3. The van der Waals surface area contributed by atoms with Crippen molar-refractivity contribution in [2.75, 3.05) is 0 Å². The summed E-state index contributed by atoms with van der Waals surface area (Å²) in [6.45, 7) is 11.6. The van der Waals surface area contributed by atoms with Gasteiger partial charge in [0.25, 0.3) is 0 Å². The van der Waals surface area contributed by atoms with Gasteiger partial charge in [0.1, 0.15) is 17.7 Å². The van der Waals surface area contributed by atoms with Crippen molar-refractivity contribution in [3.63, 3.8) is 0 Å². The van der Waals surface area contributed by atoms with Gasteiger partial charge >= 0.3 is 6.18 Å². The number of nitrogens with zero attached hydrogens (tertiary/aromatic N) is 1. The number of aliphatic imine (C=N–C) groups is 1. The molecule has 6 heteroatoms. The molecule has 0 bridgehead atoms. The predicted molar refractivity (Wildman–Crippen MR) is 105 cm³/mol. The molecular weight excluding hydrogens is 410 g/mol. The number of phenolic OH excluding ortho intramolecular Hbond substituents is 1. The number of phenols is 1. The molecule has 0 saturated carbocycles. The third-order valence-electron chi connectivity index (χ3n) is 3.72. The Morgan fingerprint density at radius 3 is 1.75 bits per heavy atom. The molecule has 2 nitrogen and oxygen atoms in total. The number of hydrogen-bond acceptors (Lipinski definition) is 2. The molecule has 2 aromatic carbocycles. The van der Waals surface area contributed by atoms with E-state index < -0.39 is 11.6 Å². The average Bonchev–Trinajstić information content (AvgIpc) is 2.53. The molecule has 158 valence electrons. The van der Waals surface area contributed by atoms with Crippen molar-refractivity contribution < 1.29 is 34.8 Å². The van der Waals surface area contributed by atoms with Crippen molar-refractivity contribution in [1.29, 1.82) is 0 Å². The molecule has 0 saturated heterocycles. The van der Waals surface area contributed by atoms with Crippen LogP contribution in [0.2, 0.25) is 0 Å². The summed E-state index contributed by atoms with van der Waals surface area (Å²) in [5.74, 6) is -0.198. The second-order valence-electron chi connectivity index (χ2n) is 8.27. The first kappa shape index (κ1) is 26.2. The monoisotopic (exact) mass is 436 g/mol. The Morgan fingerprint density at radius 1 is 0.893 bits per heavy atom. The normalized spacial score (nSPS) is 12.2. The van der Waals surface area contributed by atoms with Gasteiger partial charge in [-0.3, -0.25) is 0 Å². The van der Waals surface area contributed by atoms with E-state index in [1.807, 2.05) is 77.9 Å². The van der Waals surface area contributed by atoms with Crippen molar-refractivity contribution in [3.8, 4) is 5.75 Å². The minimum atomic E-state index is -4.51. The van der Waals surface area contributed by atoms with Crippen LogP contribution in [-0.4, -0.2) is 17.5 Å². The molecule has 0 radical (unpaired) electrons. The van der Waals surface area contributed by atoms with Gasteiger partial charge < -0.3 is 5.11 Å². The number of rotatable bonds is 1. The minimum Gasteiger partial charge on any atom is -0.505 e. The van der Waals surface area contributed by atoms with E-state index in [1.54, 1.807) is 0 Å². The molecule has 0 amide bonds. The first-order valence-corrected chi connectivity index (χ1v) is 8.63. The Hall–Kier alpha value is -1.81. The predicted octanol–water partition coefficient (Wildman–Crippen LogP) is 6.74. The Balaban J connectivity index is 0.000000884. The van der Waals surface area contributed by atoms with Gasteiger partial charge in [-0.15, -0.1) is 0 Å². The topological polar surface area (TPSA) is 32.6 Å². The van der Waals surface area contributed by atoms with E-state index in [4.69, 9.17) is 0 Å². The van der Waals surface area contributed by atoms with Crippen LogP contribution in [0.3, 0.4) is 0 Å². The molecule has 0 aromatic heterocycles. The van der Waals surface area contributed by atoms with Gasteiger partial charge in [-0.2, -0.15) is 49.6 Å². The van der Waals surface area contributed by atoms with Crippen molar-refractivity contribution in [2.45, 2.75) is 58.5 Å². The Kier molecular flexibility index (Phi) is 9.46. The van der Waals surface area contributed by atoms with Gasteiger partial charge in [0, 0.05) is 22.1 Å². The van der Waals surface area contributed by atoms with Gasteiger partial charge in [-0.05, 0) is 22.5 Å². The molecule has 2 aromatic rings. The van der Waals surface area contributed by atoms with Crippen LogP contribution >= 0.6 is 0 Å². The van der Waals surface area contributed by atoms with E-state index in [0.717, 1.165) is 5.56 Å². The maximum Gasteiger partial charge on any atom is 0.426 e. The van der Waals surface area contributed by atoms with Gasteiger partial charge in [-0.1, -0.05) is 47.6 Å². The number of hydrogen-bond donors (Lipinski definition) is 1. The van der Waals surface area contributed by atoms with Crippen LogP contribution < -0.4 is 0 Å². The zero-order valence-corrected chi connectivity index (χ0v) is 18.0. The molecule has 0 unspecified atom stereocenters. The fourth-order valence-electron chi connectivity index (χ4n) is 2.21. The van der Waals surface area contributed by atoms with Crippen molar-refractivity contribution in [2.24, 2.45) is 4.99 Å². The second-order valence-corrected chi connectivity index (χ2v) is 8.27. The van der Waals surface area contributed by atoms with Crippen LogP contribution in [0.5, 0.6) is 5.75 Å². The molecule has 0 aliphatic heterocycles. The van der Waals surface area contributed by atoms with Gasteiger partial charge in [0.05, 0.1) is 0 Å². The Labute approximate surface area is 175 Å². The summed E-state index contributed by atoms with van der Waals surface area (Å²) in [5, 5.41) is 10.2. The van der Waals surface area contributed by atoms with Crippen molar-refractivity contribution in [3.05, 3.63) is 59.7 Å². The van der Waals surface area contributed by atoms with Crippen LogP contribution in [0.1, 0.15) is 52.7 Å². The quantitative estimate of drug-likeness (QED) is 0.299. The first-order chi connectivity index (χ1) is 12.2. The summed E-state index contributed by atoms with van der Waals surface area (Å²) in [5.41, 5.74) is 0.720.